The lowest BCUT2D eigenvalue weighted by Gasteiger charge is -2.46. The maximum atomic E-state index is 13.4. The van der Waals surface area contributed by atoms with Gasteiger partial charge in [-0.1, -0.05) is 50.6 Å². The molecule has 7 heteroatoms. The summed E-state index contributed by atoms with van der Waals surface area (Å²) < 4.78 is 2.23. The van der Waals surface area contributed by atoms with Crippen LogP contribution in [0.5, 0.6) is 0 Å². The van der Waals surface area contributed by atoms with Crippen molar-refractivity contribution in [2.75, 3.05) is 25.1 Å². The lowest BCUT2D eigenvalue weighted by Crippen LogP contribution is -2.51. The van der Waals surface area contributed by atoms with Crippen molar-refractivity contribution in [2.24, 2.45) is 5.92 Å². The summed E-state index contributed by atoms with van der Waals surface area (Å²) in [7, 11) is 2.05. The molecule has 2 N–H and O–H groups in total. The Morgan fingerprint density at radius 3 is 2.69 bits per heavy atom. The van der Waals surface area contributed by atoms with Gasteiger partial charge in [0.1, 0.15) is 6.17 Å². The van der Waals surface area contributed by atoms with E-state index in [0.29, 0.717) is 19.5 Å². The van der Waals surface area contributed by atoms with E-state index in [1.165, 1.54) is 10.9 Å². The van der Waals surface area contributed by atoms with Gasteiger partial charge >= 0.3 is 0 Å². The Bertz CT molecular complexity index is 1270. The van der Waals surface area contributed by atoms with Gasteiger partial charge in [0, 0.05) is 37.5 Å². The molecule has 0 radical (unpaired) electrons. The Labute approximate surface area is 206 Å². The van der Waals surface area contributed by atoms with Crippen LogP contribution < -0.4 is 10.2 Å². The normalized spacial score (nSPS) is 18.6. The van der Waals surface area contributed by atoms with Gasteiger partial charge in [-0.3, -0.25) is 9.59 Å². The molecule has 0 saturated carbocycles. The number of nitrogens with zero attached hydrogens (tertiary/aromatic N) is 3. The smallest absolute Gasteiger partial charge is 0.257 e. The number of benzene rings is 2. The van der Waals surface area contributed by atoms with Crippen LogP contribution in [0.4, 0.5) is 5.69 Å². The highest BCUT2D eigenvalue weighted by atomic mass is 16.3. The predicted molar refractivity (Wildman–Crippen MR) is 137 cm³/mol. The molecule has 2 amide bonds. The van der Waals surface area contributed by atoms with Gasteiger partial charge in [-0.2, -0.15) is 0 Å². The van der Waals surface area contributed by atoms with Crippen LogP contribution in [-0.4, -0.2) is 52.6 Å². The summed E-state index contributed by atoms with van der Waals surface area (Å²) in [5, 5.41) is 13.9. The SMILES string of the molecule is CC[C@@H](C)[C@@H](CO)NC(=O)CCn1c2c(c3ccccc31)CCN1C(=O)c3ccccc3N(C)C21. The first kappa shape index (κ1) is 23.4. The molecule has 3 heterocycles. The zero-order valence-electron chi connectivity index (χ0n) is 20.7. The molecule has 0 aliphatic carbocycles. The van der Waals surface area contributed by atoms with E-state index in [4.69, 9.17) is 0 Å². The fourth-order valence-electron chi connectivity index (χ4n) is 5.69. The predicted octanol–water partition coefficient (Wildman–Crippen LogP) is 3.70. The van der Waals surface area contributed by atoms with Gasteiger partial charge in [-0.25, -0.2) is 0 Å². The van der Waals surface area contributed by atoms with E-state index in [1.807, 2.05) is 49.2 Å². The number of rotatable bonds is 7. The lowest BCUT2D eigenvalue weighted by molar-refractivity contribution is -0.122. The maximum absolute atomic E-state index is 13.4. The number of aryl methyl sites for hydroxylation is 1. The van der Waals surface area contributed by atoms with Gasteiger partial charge in [0.05, 0.1) is 29.6 Å². The molecule has 0 saturated heterocycles. The summed E-state index contributed by atoms with van der Waals surface area (Å²) in [6.45, 7) is 5.21. The van der Waals surface area contributed by atoms with Gasteiger partial charge in [0.2, 0.25) is 5.91 Å². The summed E-state index contributed by atoms with van der Waals surface area (Å²) in [6, 6.07) is 15.9. The number of amides is 2. The first-order valence-corrected chi connectivity index (χ1v) is 12.6. The molecule has 3 atom stereocenters. The van der Waals surface area contributed by atoms with Gasteiger partial charge in [-0.15, -0.1) is 0 Å². The Morgan fingerprint density at radius 2 is 1.91 bits per heavy atom. The minimum Gasteiger partial charge on any atom is -0.394 e. The molecule has 3 aromatic rings. The highest BCUT2D eigenvalue weighted by Gasteiger charge is 2.42. The quantitative estimate of drug-likeness (QED) is 0.547. The molecule has 1 unspecified atom stereocenters. The summed E-state index contributed by atoms with van der Waals surface area (Å²) in [5.74, 6) is 0.199. The summed E-state index contributed by atoms with van der Waals surface area (Å²) >= 11 is 0. The van der Waals surface area contributed by atoms with E-state index in [1.54, 1.807) is 0 Å². The van der Waals surface area contributed by atoms with E-state index in [-0.39, 0.29) is 36.5 Å². The Balaban J connectivity index is 1.52. The molecule has 35 heavy (non-hydrogen) atoms. The number of para-hydroxylation sites is 2. The molecule has 2 aliphatic heterocycles. The number of anilines is 1. The van der Waals surface area contributed by atoms with E-state index >= 15 is 0 Å². The third-order valence-corrected chi connectivity index (χ3v) is 7.84. The lowest BCUT2D eigenvalue weighted by atomic mass is 9.96. The highest BCUT2D eigenvalue weighted by Crippen LogP contribution is 2.44. The van der Waals surface area contributed by atoms with Crippen LogP contribution in [0, 0.1) is 5.92 Å². The first-order valence-electron chi connectivity index (χ1n) is 12.6. The van der Waals surface area contributed by atoms with Crippen LogP contribution in [0.1, 0.15) is 54.5 Å². The van der Waals surface area contributed by atoms with Crippen molar-refractivity contribution in [3.63, 3.8) is 0 Å². The van der Waals surface area contributed by atoms with E-state index in [2.05, 4.69) is 39.9 Å². The molecule has 2 aromatic carbocycles. The minimum atomic E-state index is -0.239. The fourth-order valence-corrected chi connectivity index (χ4v) is 5.69. The van der Waals surface area contributed by atoms with E-state index in [9.17, 15) is 14.7 Å². The monoisotopic (exact) mass is 474 g/mol. The second-order valence-electron chi connectivity index (χ2n) is 9.77. The zero-order chi connectivity index (χ0) is 24.7. The summed E-state index contributed by atoms with van der Waals surface area (Å²) in [6.07, 6.45) is 1.76. The number of aliphatic hydroxyl groups is 1. The largest absolute Gasteiger partial charge is 0.394 e. The number of hydrogen-bond donors (Lipinski definition) is 2. The fraction of sp³-hybridized carbons (Fsp3) is 0.429. The molecule has 1 aromatic heterocycles. The van der Waals surface area contributed by atoms with Crippen LogP contribution >= 0.6 is 0 Å². The highest BCUT2D eigenvalue weighted by molar-refractivity contribution is 6.02. The molecule has 2 aliphatic rings. The number of aromatic nitrogens is 1. The van der Waals surface area contributed by atoms with Gasteiger partial charge < -0.3 is 24.8 Å². The summed E-state index contributed by atoms with van der Waals surface area (Å²) in [4.78, 5) is 30.5. The first-order chi connectivity index (χ1) is 17.0. The molecule has 5 rings (SSSR count). The van der Waals surface area contributed by atoms with Crippen LogP contribution in [0.15, 0.2) is 48.5 Å². The molecule has 184 valence electrons. The molecule has 0 fully saturated rings. The van der Waals surface area contributed by atoms with Crippen molar-refractivity contribution < 1.29 is 14.7 Å². The number of fused-ring (bicyclic) bond motifs is 6. The van der Waals surface area contributed by atoms with Crippen molar-refractivity contribution in [1.29, 1.82) is 0 Å². The average molecular weight is 475 g/mol. The van der Waals surface area contributed by atoms with Crippen molar-refractivity contribution in [2.45, 2.75) is 51.9 Å². The minimum absolute atomic E-state index is 0.0586. The molecule has 7 nitrogen and oxygen atoms in total. The van der Waals surface area contributed by atoms with Crippen LogP contribution in [0.2, 0.25) is 0 Å². The van der Waals surface area contributed by atoms with Crippen LogP contribution in [0.25, 0.3) is 10.9 Å². The average Bonchev–Trinajstić information content (AvgIpc) is 3.22. The molecular formula is C28H34N4O3. The van der Waals surface area contributed by atoms with Gasteiger partial charge in [0.15, 0.2) is 0 Å². The van der Waals surface area contributed by atoms with Crippen molar-refractivity contribution in [1.82, 2.24) is 14.8 Å². The number of nitrogens with one attached hydrogen (secondary N) is 1. The molecule has 0 spiro atoms. The molecular weight excluding hydrogens is 440 g/mol. The number of carbonyl (C=O) groups excluding carboxylic acids is 2. The van der Waals surface area contributed by atoms with Crippen molar-refractivity contribution >= 4 is 28.4 Å². The van der Waals surface area contributed by atoms with E-state index in [0.717, 1.165) is 35.3 Å². The van der Waals surface area contributed by atoms with E-state index < -0.39 is 0 Å². The number of aliphatic hydroxyl groups excluding tert-OH is 1. The third kappa shape index (κ3) is 3.88. The number of carbonyl (C=O) groups is 2. The Hall–Kier alpha value is -3.32. The second kappa shape index (κ2) is 9.38. The third-order valence-electron chi connectivity index (χ3n) is 7.84. The second-order valence-corrected chi connectivity index (χ2v) is 9.77. The zero-order valence-corrected chi connectivity index (χ0v) is 20.7. The standard InChI is InChI=1S/C28H34N4O3/c1-4-18(2)22(17-33)29-25(34)14-16-31-24-12-8-5-9-19(24)20-13-15-32-27(26(20)31)30(3)23-11-7-6-10-21(23)28(32)35/h5-12,18,22,27,33H,4,13-17H2,1-3H3,(H,29,34)/t18-,22-,27?/m1/s1. The Morgan fingerprint density at radius 1 is 1.17 bits per heavy atom. The van der Waals surface area contributed by atoms with Gasteiger partial charge in [-0.05, 0) is 36.1 Å². The molecule has 0 bridgehead atoms. The van der Waals surface area contributed by atoms with Crippen LogP contribution in [-0.2, 0) is 17.8 Å². The topological polar surface area (TPSA) is 77.8 Å². The Kier molecular flexibility index (Phi) is 6.28. The van der Waals surface area contributed by atoms with Crippen LogP contribution in [0.3, 0.4) is 0 Å². The van der Waals surface area contributed by atoms with Crippen molar-refractivity contribution in [3.05, 3.63) is 65.4 Å². The maximum Gasteiger partial charge on any atom is 0.257 e. The number of hydrogen-bond acceptors (Lipinski definition) is 4. The van der Waals surface area contributed by atoms with Crippen molar-refractivity contribution in [3.8, 4) is 0 Å². The summed E-state index contributed by atoms with van der Waals surface area (Å²) in [5.41, 5.74) is 5.11. The van der Waals surface area contributed by atoms with Gasteiger partial charge in [0.25, 0.3) is 5.91 Å².